The number of hydrogen-bond donors (Lipinski definition) is 1. The number of halogens is 1. The minimum Gasteiger partial charge on any atom is -0.463 e. The number of hydrogen-bond acceptors (Lipinski definition) is 5. The third-order valence-corrected chi connectivity index (χ3v) is 3.13. The fraction of sp³-hybridized carbons (Fsp3) is 0.438. The molecule has 0 saturated carbocycles. The second-order valence-corrected chi connectivity index (χ2v) is 6.08. The van der Waals surface area contributed by atoms with E-state index in [4.69, 9.17) is 16.3 Å². The van der Waals surface area contributed by atoms with Crippen LogP contribution in [0.3, 0.4) is 0 Å². The van der Waals surface area contributed by atoms with Gasteiger partial charge in [0.15, 0.2) is 0 Å². The van der Waals surface area contributed by atoms with Crippen molar-refractivity contribution in [3.8, 4) is 0 Å². The Kier molecular flexibility index (Phi) is 6.56. The van der Waals surface area contributed by atoms with Crippen LogP contribution in [0.5, 0.6) is 0 Å². The Labute approximate surface area is 136 Å². The molecule has 22 heavy (non-hydrogen) atoms. The molecule has 1 aromatic heterocycles. The Morgan fingerprint density at radius 3 is 2.77 bits per heavy atom. The van der Waals surface area contributed by atoms with E-state index in [9.17, 15) is 4.79 Å². The van der Waals surface area contributed by atoms with Crippen molar-refractivity contribution in [3.63, 3.8) is 0 Å². The molecule has 0 spiro atoms. The van der Waals surface area contributed by atoms with Crippen LogP contribution in [-0.4, -0.2) is 28.6 Å². The fourth-order valence-electron chi connectivity index (χ4n) is 1.70. The molecule has 1 aromatic rings. The lowest BCUT2D eigenvalue weighted by atomic mass is 9.86. The molecular weight excluding hydrogens is 302 g/mol. The molecule has 6 heteroatoms. The molecule has 0 unspecified atom stereocenters. The molecule has 0 radical (unpaired) electrons. The molecule has 0 saturated heterocycles. The monoisotopic (exact) mass is 323 g/mol. The van der Waals surface area contributed by atoms with E-state index in [1.54, 1.807) is 25.3 Å². The number of ether oxygens (including phenoxy) is 1. The predicted molar refractivity (Wildman–Crippen MR) is 89.8 cm³/mol. The van der Waals surface area contributed by atoms with Crippen molar-refractivity contribution in [3.05, 3.63) is 35.8 Å². The van der Waals surface area contributed by atoms with Crippen LogP contribution in [0.25, 0.3) is 6.08 Å². The Bertz CT molecular complexity index is 565. The number of anilines is 1. The number of carbonyl (C=O) groups excluding carboxylic acids is 1. The maximum atomic E-state index is 11.5. The number of carbonyl (C=O) groups is 1. The van der Waals surface area contributed by atoms with Gasteiger partial charge in [0, 0.05) is 17.8 Å². The second-order valence-electron chi connectivity index (χ2n) is 5.75. The van der Waals surface area contributed by atoms with Crippen molar-refractivity contribution in [1.29, 1.82) is 0 Å². The quantitative estimate of drug-likeness (QED) is 0.491. The normalized spacial score (nSPS) is 13.0. The molecular formula is C16H22ClN3O2. The van der Waals surface area contributed by atoms with Crippen LogP contribution in [0, 0.1) is 5.41 Å². The first-order chi connectivity index (χ1) is 10.3. The lowest BCUT2D eigenvalue weighted by Gasteiger charge is -2.30. The van der Waals surface area contributed by atoms with Crippen LogP contribution in [0.2, 0.25) is 5.28 Å². The van der Waals surface area contributed by atoms with Gasteiger partial charge in [0.1, 0.15) is 5.82 Å². The van der Waals surface area contributed by atoms with Crippen LogP contribution in [0.15, 0.2) is 24.9 Å². The summed E-state index contributed by atoms with van der Waals surface area (Å²) in [5.41, 5.74) is 0.585. The Hall–Kier alpha value is -1.88. The molecule has 1 heterocycles. The Balaban J connectivity index is 3.03. The van der Waals surface area contributed by atoms with E-state index in [1.807, 2.05) is 0 Å². The van der Waals surface area contributed by atoms with E-state index in [0.29, 0.717) is 12.4 Å². The highest BCUT2D eigenvalue weighted by atomic mass is 35.5. The van der Waals surface area contributed by atoms with E-state index in [-0.39, 0.29) is 22.7 Å². The van der Waals surface area contributed by atoms with Crippen molar-refractivity contribution in [1.82, 2.24) is 9.97 Å². The van der Waals surface area contributed by atoms with Crippen molar-refractivity contribution in [2.45, 2.75) is 33.7 Å². The summed E-state index contributed by atoms with van der Waals surface area (Å²) in [5.74, 6) is 0.201. The summed E-state index contributed by atoms with van der Waals surface area (Å²) in [5, 5.41) is 3.42. The number of esters is 1. The zero-order valence-corrected chi connectivity index (χ0v) is 14.1. The van der Waals surface area contributed by atoms with Crippen molar-refractivity contribution >= 4 is 29.5 Å². The average molecular weight is 324 g/mol. The lowest BCUT2D eigenvalue weighted by molar-refractivity contribution is -0.137. The molecule has 1 rings (SSSR count). The van der Waals surface area contributed by atoms with Gasteiger partial charge in [-0.3, -0.25) is 0 Å². The van der Waals surface area contributed by atoms with Crippen molar-refractivity contribution in [2.75, 3.05) is 11.9 Å². The standard InChI is InChI=1S/C16H22ClN3O2/c1-6-11-10-18-15(17)20-14(11)19-12(16(3,4)5)8-9-13(21)22-7-2/h6,8-10,12H,1,7H2,2-5H3,(H,18,19,20)/b9-8+/t12-/m1/s1. The van der Waals surface area contributed by atoms with Gasteiger partial charge in [-0.1, -0.05) is 39.5 Å². The first kappa shape index (κ1) is 18.2. The van der Waals surface area contributed by atoms with Gasteiger partial charge in [0.2, 0.25) is 5.28 Å². The average Bonchev–Trinajstić information content (AvgIpc) is 2.42. The number of aromatic nitrogens is 2. The third kappa shape index (κ3) is 5.48. The topological polar surface area (TPSA) is 64.1 Å². The van der Waals surface area contributed by atoms with Gasteiger partial charge in [-0.2, -0.15) is 0 Å². The zero-order chi connectivity index (χ0) is 16.8. The fourth-order valence-corrected chi connectivity index (χ4v) is 1.83. The van der Waals surface area contributed by atoms with Gasteiger partial charge in [0.05, 0.1) is 12.6 Å². The minimum atomic E-state index is -0.372. The molecule has 0 aliphatic rings. The van der Waals surface area contributed by atoms with E-state index in [0.717, 1.165) is 5.56 Å². The van der Waals surface area contributed by atoms with Crippen molar-refractivity contribution < 1.29 is 9.53 Å². The molecule has 0 amide bonds. The van der Waals surface area contributed by atoms with E-state index >= 15 is 0 Å². The van der Waals surface area contributed by atoms with E-state index in [2.05, 4.69) is 42.6 Å². The maximum Gasteiger partial charge on any atom is 0.330 e. The first-order valence-corrected chi connectivity index (χ1v) is 7.42. The van der Waals surface area contributed by atoms with Gasteiger partial charge in [-0.15, -0.1) is 0 Å². The van der Waals surface area contributed by atoms with Crippen LogP contribution in [0.1, 0.15) is 33.3 Å². The zero-order valence-electron chi connectivity index (χ0n) is 13.4. The van der Waals surface area contributed by atoms with E-state index in [1.165, 1.54) is 6.08 Å². The highest BCUT2D eigenvalue weighted by Gasteiger charge is 2.23. The molecule has 0 aliphatic heterocycles. The molecule has 5 nitrogen and oxygen atoms in total. The molecule has 1 atom stereocenters. The van der Waals surface area contributed by atoms with E-state index < -0.39 is 0 Å². The van der Waals surface area contributed by atoms with Gasteiger partial charge in [0.25, 0.3) is 0 Å². The predicted octanol–water partition coefficient (Wildman–Crippen LogP) is 3.72. The lowest BCUT2D eigenvalue weighted by Crippen LogP contribution is -2.33. The molecule has 0 bridgehead atoms. The minimum absolute atomic E-state index is 0.148. The maximum absolute atomic E-state index is 11.5. The molecule has 0 fully saturated rings. The van der Waals surface area contributed by atoms with Gasteiger partial charge < -0.3 is 10.1 Å². The SMILES string of the molecule is C=Cc1cnc(Cl)nc1N[C@H](/C=C/C(=O)OCC)C(C)(C)C. The van der Waals surface area contributed by atoms with Gasteiger partial charge >= 0.3 is 5.97 Å². The summed E-state index contributed by atoms with van der Waals surface area (Å²) in [6, 6.07) is -0.151. The van der Waals surface area contributed by atoms with Gasteiger partial charge in [-0.25, -0.2) is 14.8 Å². The Morgan fingerprint density at radius 2 is 2.23 bits per heavy atom. The van der Waals surface area contributed by atoms with Crippen molar-refractivity contribution in [2.24, 2.45) is 5.41 Å². The molecule has 0 aromatic carbocycles. The summed E-state index contributed by atoms with van der Waals surface area (Å²) in [6.45, 7) is 12.0. The number of nitrogens with one attached hydrogen (secondary N) is 1. The summed E-state index contributed by atoms with van der Waals surface area (Å²) in [4.78, 5) is 19.6. The largest absolute Gasteiger partial charge is 0.463 e. The van der Waals surface area contributed by atoms with Crippen LogP contribution >= 0.6 is 11.6 Å². The first-order valence-electron chi connectivity index (χ1n) is 7.04. The summed E-state index contributed by atoms with van der Waals surface area (Å²) in [6.07, 6.45) is 6.43. The van der Waals surface area contributed by atoms with Gasteiger partial charge in [-0.05, 0) is 23.9 Å². The summed E-state index contributed by atoms with van der Waals surface area (Å²) in [7, 11) is 0. The highest BCUT2D eigenvalue weighted by Crippen LogP contribution is 2.26. The summed E-state index contributed by atoms with van der Waals surface area (Å²) >= 11 is 5.85. The molecule has 120 valence electrons. The van der Waals surface area contributed by atoms with Crippen LogP contribution < -0.4 is 5.32 Å². The molecule has 0 aliphatic carbocycles. The summed E-state index contributed by atoms with van der Waals surface area (Å²) < 4.78 is 4.90. The Morgan fingerprint density at radius 1 is 1.55 bits per heavy atom. The number of rotatable bonds is 6. The highest BCUT2D eigenvalue weighted by molar-refractivity contribution is 6.28. The van der Waals surface area contributed by atoms with Crippen LogP contribution in [-0.2, 0) is 9.53 Å². The molecule has 1 N–H and O–H groups in total. The smallest absolute Gasteiger partial charge is 0.330 e. The van der Waals surface area contributed by atoms with Crippen LogP contribution in [0.4, 0.5) is 5.82 Å². The second kappa shape index (κ2) is 7.94. The third-order valence-electron chi connectivity index (χ3n) is 2.94. The number of nitrogens with zero attached hydrogens (tertiary/aromatic N) is 2.